The number of nitrogen functional groups attached to an aromatic ring is 1. The molecule has 0 aliphatic heterocycles. The highest BCUT2D eigenvalue weighted by molar-refractivity contribution is 5.69. The Morgan fingerprint density at radius 2 is 1.76 bits per heavy atom. The lowest BCUT2D eigenvalue weighted by atomic mass is 10.1. The second-order valence-corrected chi connectivity index (χ2v) is 5.07. The zero-order valence-electron chi connectivity index (χ0n) is 12.0. The van der Waals surface area contributed by atoms with E-state index in [4.69, 9.17) is 5.73 Å². The fourth-order valence-electron chi connectivity index (χ4n) is 2.34. The third-order valence-corrected chi connectivity index (χ3v) is 3.60. The van der Waals surface area contributed by atoms with E-state index in [0.29, 0.717) is 11.4 Å². The number of para-hydroxylation sites is 1. The van der Waals surface area contributed by atoms with Gasteiger partial charge in [-0.3, -0.25) is 0 Å². The van der Waals surface area contributed by atoms with Crippen LogP contribution in [0.5, 0.6) is 0 Å². The molecule has 1 heterocycles. The second kappa shape index (κ2) is 5.05. The van der Waals surface area contributed by atoms with E-state index in [1.54, 1.807) is 23.7 Å². The molecule has 21 heavy (non-hydrogen) atoms. The van der Waals surface area contributed by atoms with Gasteiger partial charge in [-0.1, -0.05) is 18.2 Å². The maximum Gasteiger partial charge on any atom is 0.130 e. The zero-order chi connectivity index (χ0) is 15.0. The van der Waals surface area contributed by atoms with Crippen molar-refractivity contribution in [3.05, 3.63) is 65.5 Å². The number of halogens is 1. The molecule has 0 fully saturated rings. The Morgan fingerprint density at radius 3 is 2.43 bits per heavy atom. The number of nitrogens with zero attached hydrogens (tertiary/aromatic N) is 2. The van der Waals surface area contributed by atoms with Crippen LogP contribution in [0.1, 0.15) is 11.1 Å². The first-order chi connectivity index (χ1) is 10.1. The molecule has 1 aromatic heterocycles. The Labute approximate surface area is 122 Å². The molecule has 0 aliphatic rings. The van der Waals surface area contributed by atoms with E-state index in [1.165, 1.54) is 6.07 Å². The minimum absolute atomic E-state index is 0.216. The average molecular weight is 281 g/mol. The zero-order valence-corrected chi connectivity index (χ0v) is 12.0. The molecule has 0 bridgehead atoms. The predicted octanol–water partition coefficient (Wildman–Crippen LogP) is 3.88. The van der Waals surface area contributed by atoms with Crippen molar-refractivity contribution in [1.29, 1.82) is 0 Å². The minimum Gasteiger partial charge on any atom is -0.383 e. The Kier molecular flexibility index (Phi) is 3.22. The quantitative estimate of drug-likeness (QED) is 0.774. The summed E-state index contributed by atoms with van der Waals surface area (Å²) in [5, 5.41) is 4.59. The van der Waals surface area contributed by atoms with Crippen molar-refractivity contribution in [2.45, 2.75) is 13.8 Å². The molecule has 106 valence electrons. The van der Waals surface area contributed by atoms with Crippen molar-refractivity contribution in [1.82, 2.24) is 9.78 Å². The van der Waals surface area contributed by atoms with Gasteiger partial charge < -0.3 is 5.73 Å². The summed E-state index contributed by atoms with van der Waals surface area (Å²) in [5.41, 5.74) is 10.2. The summed E-state index contributed by atoms with van der Waals surface area (Å²) >= 11 is 0. The van der Waals surface area contributed by atoms with Gasteiger partial charge >= 0.3 is 0 Å². The normalized spacial score (nSPS) is 10.8. The molecule has 0 aliphatic carbocycles. The molecule has 3 rings (SSSR count). The van der Waals surface area contributed by atoms with Crippen LogP contribution >= 0.6 is 0 Å². The largest absolute Gasteiger partial charge is 0.383 e. The van der Waals surface area contributed by atoms with E-state index < -0.39 is 0 Å². The van der Waals surface area contributed by atoms with E-state index in [0.717, 1.165) is 22.5 Å². The Balaban J connectivity index is 2.15. The van der Waals surface area contributed by atoms with Crippen LogP contribution in [-0.4, -0.2) is 9.78 Å². The van der Waals surface area contributed by atoms with Crippen molar-refractivity contribution in [3.8, 4) is 16.9 Å². The molecule has 3 nitrogen and oxygen atoms in total. The molecule has 0 atom stereocenters. The van der Waals surface area contributed by atoms with Gasteiger partial charge in [-0.15, -0.1) is 0 Å². The van der Waals surface area contributed by atoms with Crippen LogP contribution in [0.3, 0.4) is 0 Å². The van der Waals surface area contributed by atoms with Gasteiger partial charge in [0.15, 0.2) is 0 Å². The van der Waals surface area contributed by atoms with Crippen molar-refractivity contribution < 1.29 is 4.39 Å². The SMILES string of the molecule is Cc1cc(-c2nn(-c3ccccc3)c(N)c2C)ccc1F. The number of aryl methyl sites for hydroxylation is 1. The lowest BCUT2D eigenvalue weighted by Gasteiger charge is -2.03. The van der Waals surface area contributed by atoms with Crippen molar-refractivity contribution >= 4 is 5.82 Å². The lowest BCUT2D eigenvalue weighted by molar-refractivity contribution is 0.618. The molecule has 2 aromatic carbocycles. The number of nitrogens with two attached hydrogens (primary N) is 1. The van der Waals surface area contributed by atoms with Crippen molar-refractivity contribution in [2.75, 3.05) is 5.73 Å². The monoisotopic (exact) mass is 281 g/mol. The summed E-state index contributed by atoms with van der Waals surface area (Å²) in [5.74, 6) is 0.380. The third kappa shape index (κ3) is 2.29. The van der Waals surface area contributed by atoms with Gasteiger partial charge in [0, 0.05) is 11.1 Å². The minimum atomic E-state index is -0.216. The fourth-order valence-corrected chi connectivity index (χ4v) is 2.34. The van der Waals surface area contributed by atoms with Gasteiger partial charge in [0.05, 0.1) is 11.4 Å². The molecular formula is C17H16FN3. The van der Waals surface area contributed by atoms with Gasteiger partial charge in [-0.05, 0) is 49.7 Å². The average Bonchev–Trinajstić information content (AvgIpc) is 2.79. The van der Waals surface area contributed by atoms with Crippen LogP contribution in [0.4, 0.5) is 10.2 Å². The first kappa shape index (κ1) is 13.4. The van der Waals surface area contributed by atoms with E-state index in [1.807, 2.05) is 37.3 Å². The highest BCUT2D eigenvalue weighted by Gasteiger charge is 2.15. The molecule has 2 N–H and O–H groups in total. The van der Waals surface area contributed by atoms with E-state index in [2.05, 4.69) is 5.10 Å². The van der Waals surface area contributed by atoms with E-state index in [-0.39, 0.29) is 5.82 Å². The topological polar surface area (TPSA) is 43.8 Å². The Morgan fingerprint density at radius 1 is 1.05 bits per heavy atom. The second-order valence-electron chi connectivity index (χ2n) is 5.07. The van der Waals surface area contributed by atoms with Crippen molar-refractivity contribution in [3.63, 3.8) is 0 Å². The number of anilines is 1. The maximum atomic E-state index is 13.4. The molecule has 3 aromatic rings. The first-order valence-corrected chi connectivity index (χ1v) is 6.75. The molecule has 4 heteroatoms. The van der Waals surface area contributed by atoms with Gasteiger partial charge in [0.1, 0.15) is 11.6 Å². The van der Waals surface area contributed by atoms with Crippen LogP contribution < -0.4 is 5.73 Å². The smallest absolute Gasteiger partial charge is 0.130 e. The van der Waals surface area contributed by atoms with Crippen LogP contribution in [0.25, 0.3) is 16.9 Å². The highest BCUT2D eigenvalue weighted by atomic mass is 19.1. The molecule has 0 spiro atoms. The standard InChI is InChI=1S/C17H16FN3/c1-11-10-13(8-9-15(11)18)16-12(2)17(19)21(20-16)14-6-4-3-5-7-14/h3-10H,19H2,1-2H3. The Hall–Kier alpha value is -2.62. The summed E-state index contributed by atoms with van der Waals surface area (Å²) in [4.78, 5) is 0. The number of hydrogen-bond donors (Lipinski definition) is 1. The van der Waals surface area contributed by atoms with Crippen LogP contribution in [-0.2, 0) is 0 Å². The Bertz CT molecular complexity index is 791. The van der Waals surface area contributed by atoms with E-state index in [9.17, 15) is 4.39 Å². The number of benzene rings is 2. The molecule has 0 saturated heterocycles. The highest BCUT2D eigenvalue weighted by Crippen LogP contribution is 2.29. The molecule has 0 radical (unpaired) electrons. The molecular weight excluding hydrogens is 265 g/mol. The van der Waals surface area contributed by atoms with Crippen LogP contribution in [0, 0.1) is 19.7 Å². The third-order valence-electron chi connectivity index (χ3n) is 3.60. The van der Waals surface area contributed by atoms with Gasteiger partial charge in [0.2, 0.25) is 0 Å². The van der Waals surface area contributed by atoms with Gasteiger partial charge in [-0.25, -0.2) is 9.07 Å². The predicted molar refractivity (Wildman–Crippen MR) is 82.8 cm³/mol. The van der Waals surface area contributed by atoms with E-state index >= 15 is 0 Å². The van der Waals surface area contributed by atoms with Gasteiger partial charge in [-0.2, -0.15) is 5.10 Å². The first-order valence-electron chi connectivity index (χ1n) is 6.75. The number of hydrogen-bond acceptors (Lipinski definition) is 2. The number of aromatic nitrogens is 2. The summed E-state index contributed by atoms with van der Waals surface area (Å²) in [6.07, 6.45) is 0. The summed E-state index contributed by atoms with van der Waals surface area (Å²) < 4.78 is 15.1. The van der Waals surface area contributed by atoms with Crippen LogP contribution in [0.2, 0.25) is 0 Å². The van der Waals surface area contributed by atoms with Crippen molar-refractivity contribution in [2.24, 2.45) is 0 Å². The molecule has 0 amide bonds. The molecule has 0 saturated carbocycles. The summed E-state index contributed by atoms with van der Waals surface area (Å²) in [6, 6.07) is 14.7. The fraction of sp³-hybridized carbons (Fsp3) is 0.118. The molecule has 0 unspecified atom stereocenters. The van der Waals surface area contributed by atoms with Gasteiger partial charge in [0.25, 0.3) is 0 Å². The maximum absolute atomic E-state index is 13.4. The summed E-state index contributed by atoms with van der Waals surface area (Å²) in [6.45, 7) is 3.67. The van der Waals surface area contributed by atoms with Crippen LogP contribution in [0.15, 0.2) is 48.5 Å². The lowest BCUT2D eigenvalue weighted by Crippen LogP contribution is -2.01. The number of rotatable bonds is 2. The summed E-state index contributed by atoms with van der Waals surface area (Å²) in [7, 11) is 0.